The summed E-state index contributed by atoms with van der Waals surface area (Å²) in [5.41, 5.74) is 0.329. The number of nitrogens with one attached hydrogen (secondary N) is 2. The van der Waals surface area contributed by atoms with Gasteiger partial charge in [0.25, 0.3) is 5.91 Å². The monoisotopic (exact) mass is 610 g/mol. The van der Waals surface area contributed by atoms with Gasteiger partial charge in [0.15, 0.2) is 16.4 Å². The summed E-state index contributed by atoms with van der Waals surface area (Å²) in [7, 11) is 0. The second-order valence-corrected chi connectivity index (χ2v) is 9.04. The van der Waals surface area contributed by atoms with Gasteiger partial charge in [-0.3, -0.25) is 4.79 Å². The summed E-state index contributed by atoms with van der Waals surface area (Å²) in [6.07, 6.45) is -4.90. The SMILES string of the molecule is O=C(Nc1ccc(Br)cc1)c1nn2c(c1Br)N[C@H](c1ccc(Br)o1)C[C@@H]2C(F)(F)F. The lowest BCUT2D eigenvalue weighted by molar-refractivity contribution is -0.174. The molecule has 1 aliphatic heterocycles. The van der Waals surface area contributed by atoms with Crippen LogP contribution in [0.5, 0.6) is 0 Å². The van der Waals surface area contributed by atoms with Crippen molar-refractivity contribution in [1.29, 1.82) is 0 Å². The largest absolute Gasteiger partial charge is 0.452 e. The van der Waals surface area contributed by atoms with Gasteiger partial charge in [0.05, 0.1) is 10.5 Å². The number of rotatable bonds is 3. The maximum Gasteiger partial charge on any atom is 0.410 e. The Morgan fingerprint density at radius 2 is 1.87 bits per heavy atom. The van der Waals surface area contributed by atoms with Crippen molar-refractivity contribution in [3.63, 3.8) is 0 Å². The van der Waals surface area contributed by atoms with E-state index in [0.29, 0.717) is 16.1 Å². The summed E-state index contributed by atoms with van der Waals surface area (Å²) in [6.45, 7) is 0. The average molecular weight is 613 g/mol. The number of alkyl halides is 3. The maximum atomic E-state index is 13.8. The number of aromatic nitrogens is 2. The van der Waals surface area contributed by atoms with Gasteiger partial charge in [-0.15, -0.1) is 0 Å². The van der Waals surface area contributed by atoms with E-state index >= 15 is 0 Å². The smallest absolute Gasteiger partial charge is 0.410 e. The molecule has 0 fully saturated rings. The molecule has 1 amide bonds. The minimum absolute atomic E-state index is 0.0575. The fraction of sp³-hybridized carbons (Fsp3) is 0.222. The van der Waals surface area contributed by atoms with Crippen LogP contribution < -0.4 is 10.6 Å². The number of halogens is 6. The van der Waals surface area contributed by atoms with Crippen molar-refractivity contribution < 1.29 is 22.4 Å². The van der Waals surface area contributed by atoms with Crippen LogP contribution in [0.25, 0.3) is 0 Å². The molecule has 30 heavy (non-hydrogen) atoms. The first kappa shape index (κ1) is 21.4. The summed E-state index contributed by atoms with van der Waals surface area (Å²) in [5.74, 6) is -0.232. The fourth-order valence-electron chi connectivity index (χ4n) is 3.16. The number of anilines is 2. The predicted octanol–water partition coefficient (Wildman–Crippen LogP) is 6.68. The van der Waals surface area contributed by atoms with Gasteiger partial charge in [0, 0.05) is 16.6 Å². The highest BCUT2D eigenvalue weighted by Gasteiger charge is 2.48. The van der Waals surface area contributed by atoms with E-state index in [1.165, 1.54) is 0 Å². The molecule has 0 unspecified atom stereocenters. The highest BCUT2D eigenvalue weighted by molar-refractivity contribution is 9.11. The molecule has 0 saturated carbocycles. The Balaban J connectivity index is 1.69. The van der Waals surface area contributed by atoms with Crippen molar-refractivity contribution in [2.45, 2.75) is 24.7 Å². The third-order valence-electron chi connectivity index (χ3n) is 4.55. The second-order valence-electron chi connectivity index (χ2n) is 6.55. The zero-order valence-corrected chi connectivity index (χ0v) is 19.6. The third-order valence-corrected chi connectivity index (χ3v) is 6.26. The molecule has 3 aromatic rings. The first-order valence-electron chi connectivity index (χ1n) is 8.57. The fourth-order valence-corrected chi connectivity index (χ4v) is 4.30. The Hall–Kier alpha value is -1.79. The van der Waals surface area contributed by atoms with E-state index in [-0.39, 0.29) is 22.4 Å². The molecule has 6 nitrogen and oxygen atoms in total. The van der Waals surface area contributed by atoms with E-state index in [0.717, 1.165) is 9.15 Å². The molecule has 12 heteroatoms. The van der Waals surface area contributed by atoms with Crippen molar-refractivity contribution in [2.75, 3.05) is 10.6 Å². The zero-order valence-electron chi connectivity index (χ0n) is 14.8. The van der Waals surface area contributed by atoms with Crippen LogP contribution in [-0.2, 0) is 0 Å². The number of benzene rings is 1. The predicted molar refractivity (Wildman–Crippen MR) is 115 cm³/mol. The number of hydrogen-bond donors (Lipinski definition) is 2. The van der Waals surface area contributed by atoms with Crippen LogP contribution >= 0.6 is 47.8 Å². The van der Waals surface area contributed by atoms with E-state index < -0.39 is 24.2 Å². The molecule has 0 aliphatic carbocycles. The highest BCUT2D eigenvalue weighted by atomic mass is 79.9. The van der Waals surface area contributed by atoms with Crippen LogP contribution in [0.1, 0.15) is 34.8 Å². The minimum atomic E-state index is -4.57. The Kier molecular flexibility index (Phi) is 5.75. The molecule has 0 spiro atoms. The Bertz CT molecular complexity index is 1100. The standard InChI is InChI=1S/C18H12Br3F3N4O2/c19-8-1-3-9(4-2-8)25-17(29)15-14(21)16-26-10(11-5-6-13(20)30-11)7-12(18(22,23)24)28(16)27-15/h1-6,10,12,26H,7H2,(H,25,29)/t10-,12+/m0/s1. The van der Waals surface area contributed by atoms with Crippen molar-refractivity contribution in [2.24, 2.45) is 0 Å². The quantitative estimate of drug-likeness (QED) is 0.346. The van der Waals surface area contributed by atoms with Crippen LogP contribution in [0.15, 0.2) is 54.4 Å². The summed E-state index contributed by atoms with van der Waals surface area (Å²) >= 11 is 9.70. The average Bonchev–Trinajstić information content (AvgIpc) is 3.26. The van der Waals surface area contributed by atoms with Gasteiger partial charge >= 0.3 is 6.18 Å². The van der Waals surface area contributed by atoms with E-state index in [4.69, 9.17) is 4.42 Å². The van der Waals surface area contributed by atoms with Gasteiger partial charge in [-0.25, -0.2) is 4.68 Å². The first-order valence-corrected chi connectivity index (χ1v) is 10.9. The maximum absolute atomic E-state index is 13.8. The van der Waals surface area contributed by atoms with Crippen molar-refractivity contribution in [3.05, 3.63) is 61.5 Å². The molecule has 158 valence electrons. The molecule has 1 aromatic carbocycles. The van der Waals surface area contributed by atoms with Gasteiger partial charge < -0.3 is 15.1 Å². The summed E-state index contributed by atoms with van der Waals surface area (Å²) in [5, 5.41) is 9.60. The molecule has 0 radical (unpaired) electrons. The number of nitrogens with zero attached hydrogens (tertiary/aromatic N) is 2. The Labute approximate surface area is 193 Å². The van der Waals surface area contributed by atoms with Crippen molar-refractivity contribution >= 4 is 65.2 Å². The molecule has 2 aromatic heterocycles. The van der Waals surface area contributed by atoms with Crippen LogP contribution in [-0.4, -0.2) is 21.9 Å². The van der Waals surface area contributed by atoms with Crippen molar-refractivity contribution in [1.82, 2.24) is 9.78 Å². The highest BCUT2D eigenvalue weighted by Crippen LogP contribution is 2.46. The van der Waals surface area contributed by atoms with Gasteiger partial charge in [0.1, 0.15) is 11.6 Å². The van der Waals surface area contributed by atoms with Crippen LogP contribution in [0, 0.1) is 0 Å². The van der Waals surface area contributed by atoms with Gasteiger partial charge in [-0.1, -0.05) is 15.9 Å². The number of fused-ring (bicyclic) bond motifs is 1. The topological polar surface area (TPSA) is 72.1 Å². The number of carbonyl (C=O) groups is 1. The molecule has 1 aliphatic rings. The van der Waals surface area contributed by atoms with E-state index in [1.54, 1.807) is 36.4 Å². The zero-order chi connectivity index (χ0) is 21.6. The lowest BCUT2D eigenvalue weighted by Gasteiger charge is -2.32. The molecule has 0 saturated heterocycles. The number of amides is 1. The first-order chi connectivity index (χ1) is 14.1. The second kappa shape index (κ2) is 8.04. The van der Waals surface area contributed by atoms with E-state index in [1.807, 2.05) is 0 Å². The summed E-state index contributed by atoms with van der Waals surface area (Å²) < 4.78 is 49.0. The van der Waals surface area contributed by atoms with Gasteiger partial charge in [-0.05, 0) is 68.3 Å². The number of furan rings is 1. The van der Waals surface area contributed by atoms with E-state index in [2.05, 4.69) is 63.5 Å². The normalized spacial score (nSPS) is 18.6. The lowest BCUT2D eigenvalue weighted by Crippen LogP contribution is -2.35. The Morgan fingerprint density at radius 3 is 2.47 bits per heavy atom. The molecular formula is C18H12Br3F3N4O2. The van der Waals surface area contributed by atoms with Crippen LogP contribution in [0.4, 0.5) is 24.7 Å². The minimum Gasteiger partial charge on any atom is -0.452 e. The molecule has 4 rings (SSSR count). The summed E-state index contributed by atoms with van der Waals surface area (Å²) in [6, 6.07) is 7.32. The van der Waals surface area contributed by atoms with Gasteiger partial charge in [-0.2, -0.15) is 18.3 Å². The van der Waals surface area contributed by atoms with Crippen LogP contribution in [0.2, 0.25) is 0 Å². The summed E-state index contributed by atoms with van der Waals surface area (Å²) in [4.78, 5) is 12.7. The van der Waals surface area contributed by atoms with E-state index in [9.17, 15) is 18.0 Å². The van der Waals surface area contributed by atoms with Gasteiger partial charge in [0.2, 0.25) is 0 Å². The Morgan fingerprint density at radius 1 is 1.17 bits per heavy atom. The number of carbonyl (C=O) groups excluding carboxylic acids is 1. The van der Waals surface area contributed by atoms with Crippen molar-refractivity contribution in [3.8, 4) is 0 Å². The lowest BCUT2D eigenvalue weighted by atomic mass is 10.0. The third kappa shape index (κ3) is 4.17. The molecular weight excluding hydrogens is 601 g/mol. The number of hydrogen-bond acceptors (Lipinski definition) is 4. The molecule has 2 atom stereocenters. The van der Waals surface area contributed by atoms with Crippen LogP contribution in [0.3, 0.4) is 0 Å². The molecule has 2 N–H and O–H groups in total. The molecule has 0 bridgehead atoms. The molecule has 3 heterocycles.